The molecule has 25 heavy (non-hydrogen) atoms. The molecule has 0 aliphatic rings. The highest BCUT2D eigenvalue weighted by atomic mass is 79.9. The van der Waals surface area contributed by atoms with E-state index in [1.807, 2.05) is 48.6 Å². The van der Waals surface area contributed by atoms with Crippen molar-refractivity contribution in [3.63, 3.8) is 0 Å². The normalized spacial score (nSPS) is 10.8. The van der Waals surface area contributed by atoms with Crippen LogP contribution in [0.3, 0.4) is 0 Å². The fourth-order valence-electron chi connectivity index (χ4n) is 2.01. The molecule has 2 aromatic carbocycles. The Morgan fingerprint density at radius 1 is 1.08 bits per heavy atom. The van der Waals surface area contributed by atoms with Gasteiger partial charge in [-0.25, -0.2) is 0 Å². The first-order valence-corrected chi connectivity index (χ1v) is 8.97. The van der Waals surface area contributed by atoms with Gasteiger partial charge in [0.15, 0.2) is 0 Å². The molecule has 0 bridgehead atoms. The van der Waals surface area contributed by atoms with Gasteiger partial charge in [-0.3, -0.25) is 10.1 Å². The quantitative estimate of drug-likeness (QED) is 0.653. The van der Waals surface area contributed by atoms with Gasteiger partial charge in [0, 0.05) is 10.0 Å². The topological polar surface area (TPSA) is 64.1 Å². The van der Waals surface area contributed by atoms with Crippen molar-refractivity contribution < 1.29 is 9.53 Å². The number of carbonyl (C=O) groups is 1. The Labute approximate surface area is 157 Å². The van der Waals surface area contributed by atoms with Crippen LogP contribution in [0.25, 0.3) is 12.2 Å². The van der Waals surface area contributed by atoms with Crippen molar-refractivity contribution in [3.8, 4) is 5.75 Å². The van der Waals surface area contributed by atoms with Gasteiger partial charge in [0.1, 0.15) is 10.8 Å². The molecular formula is C18H14BrN3O2S. The van der Waals surface area contributed by atoms with E-state index in [9.17, 15) is 4.79 Å². The van der Waals surface area contributed by atoms with E-state index in [2.05, 4.69) is 31.4 Å². The number of amides is 1. The number of aromatic nitrogens is 2. The fraction of sp³-hybridized carbons (Fsp3) is 0.0556. The molecule has 0 unspecified atom stereocenters. The summed E-state index contributed by atoms with van der Waals surface area (Å²) in [6.45, 7) is 0. The lowest BCUT2D eigenvalue weighted by Gasteiger charge is -2.00. The maximum atomic E-state index is 12.2. The second kappa shape index (κ2) is 8.04. The van der Waals surface area contributed by atoms with Crippen molar-refractivity contribution in [2.45, 2.75) is 0 Å². The first-order valence-electron chi connectivity index (χ1n) is 7.36. The van der Waals surface area contributed by atoms with Crippen molar-refractivity contribution in [2.24, 2.45) is 0 Å². The lowest BCUT2D eigenvalue weighted by Crippen LogP contribution is -2.11. The van der Waals surface area contributed by atoms with Gasteiger partial charge in [0.05, 0.1) is 7.11 Å². The molecule has 0 aliphatic heterocycles. The third-order valence-corrected chi connectivity index (χ3v) is 4.63. The third-order valence-electron chi connectivity index (χ3n) is 3.30. The maximum Gasteiger partial charge on any atom is 0.257 e. The molecule has 0 saturated heterocycles. The summed E-state index contributed by atoms with van der Waals surface area (Å²) in [5.74, 6) is 0.598. The minimum Gasteiger partial charge on any atom is -0.497 e. The molecule has 3 aromatic rings. The van der Waals surface area contributed by atoms with Crippen LogP contribution < -0.4 is 10.1 Å². The molecule has 0 spiro atoms. The van der Waals surface area contributed by atoms with Crippen LogP contribution in [0.15, 0.2) is 53.0 Å². The molecule has 0 radical (unpaired) electrons. The van der Waals surface area contributed by atoms with Crippen LogP contribution in [-0.2, 0) is 0 Å². The molecule has 5 nitrogen and oxygen atoms in total. The Kier molecular flexibility index (Phi) is 5.57. The van der Waals surface area contributed by atoms with Gasteiger partial charge in [-0.05, 0) is 48.0 Å². The Bertz CT molecular complexity index is 889. The fourth-order valence-corrected chi connectivity index (χ4v) is 2.91. The number of rotatable bonds is 5. The zero-order valence-corrected chi connectivity index (χ0v) is 15.7. The highest BCUT2D eigenvalue weighted by molar-refractivity contribution is 9.10. The monoisotopic (exact) mass is 415 g/mol. The Morgan fingerprint density at radius 3 is 2.48 bits per heavy atom. The first kappa shape index (κ1) is 17.3. The third kappa shape index (κ3) is 4.74. The van der Waals surface area contributed by atoms with E-state index >= 15 is 0 Å². The Hall–Kier alpha value is -2.51. The molecule has 1 amide bonds. The Morgan fingerprint density at radius 2 is 1.80 bits per heavy atom. The van der Waals surface area contributed by atoms with E-state index < -0.39 is 0 Å². The summed E-state index contributed by atoms with van der Waals surface area (Å²) in [5.41, 5.74) is 1.59. The minimum absolute atomic E-state index is 0.214. The van der Waals surface area contributed by atoms with Crippen LogP contribution in [0.1, 0.15) is 20.9 Å². The lowest BCUT2D eigenvalue weighted by molar-refractivity contribution is 0.102. The predicted octanol–water partition coefficient (Wildman–Crippen LogP) is 4.73. The molecule has 0 atom stereocenters. The maximum absolute atomic E-state index is 12.2. The van der Waals surface area contributed by atoms with Crippen LogP contribution in [0, 0.1) is 0 Å². The second-order valence-corrected chi connectivity index (χ2v) is 6.94. The molecule has 0 fully saturated rings. The van der Waals surface area contributed by atoms with Gasteiger partial charge in [-0.15, -0.1) is 10.2 Å². The van der Waals surface area contributed by atoms with E-state index in [0.29, 0.717) is 15.7 Å². The van der Waals surface area contributed by atoms with Crippen molar-refractivity contribution >= 4 is 50.5 Å². The van der Waals surface area contributed by atoms with E-state index in [-0.39, 0.29) is 5.91 Å². The van der Waals surface area contributed by atoms with Gasteiger partial charge in [0.2, 0.25) is 5.13 Å². The predicted molar refractivity (Wildman–Crippen MR) is 104 cm³/mol. The van der Waals surface area contributed by atoms with Crippen LogP contribution in [0.2, 0.25) is 0 Å². The van der Waals surface area contributed by atoms with Crippen LogP contribution >= 0.6 is 27.3 Å². The van der Waals surface area contributed by atoms with Crippen LogP contribution in [0.4, 0.5) is 5.13 Å². The van der Waals surface area contributed by atoms with E-state index in [4.69, 9.17) is 4.74 Å². The summed E-state index contributed by atoms with van der Waals surface area (Å²) in [6.07, 6.45) is 3.79. The molecule has 7 heteroatoms. The van der Waals surface area contributed by atoms with Crippen molar-refractivity contribution in [3.05, 3.63) is 69.1 Å². The van der Waals surface area contributed by atoms with E-state index in [1.54, 1.807) is 19.2 Å². The average Bonchev–Trinajstić information content (AvgIpc) is 3.08. The van der Waals surface area contributed by atoms with Crippen molar-refractivity contribution in [2.75, 3.05) is 12.4 Å². The van der Waals surface area contributed by atoms with Gasteiger partial charge >= 0.3 is 0 Å². The average molecular weight is 416 g/mol. The number of benzene rings is 2. The highest BCUT2D eigenvalue weighted by Crippen LogP contribution is 2.20. The highest BCUT2D eigenvalue weighted by Gasteiger charge is 2.09. The van der Waals surface area contributed by atoms with Gasteiger partial charge in [-0.2, -0.15) is 0 Å². The summed E-state index contributed by atoms with van der Waals surface area (Å²) in [4.78, 5) is 12.2. The van der Waals surface area contributed by atoms with Gasteiger partial charge in [-0.1, -0.05) is 45.5 Å². The molecule has 0 aliphatic carbocycles. The van der Waals surface area contributed by atoms with Crippen LogP contribution in [0.5, 0.6) is 5.75 Å². The minimum atomic E-state index is -0.214. The molecule has 1 N–H and O–H groups in total. The van der Waals surface area contributed by atoms with Crippen molar-refractivity contribution in [1.82, 2.24) is 10.2 Å². The van der Waals surface area contributed by atoms with Gasteiger partial charge < -0.3 is 4.74 Å². The number of methoxy groups -OCH3 is 1. The summed E-state index contributed by atoms with van der Waals surface area (Å²) in [6, 6.07) is 14.8. The zero-order valence-electron chi connectivity index (χ0n) is 13.3. The SMILES string of the molecule is COc1ccc(/C=C/c2nnc(NC(=O)c3ccc(Br)cc3)s2)cc1. The first-order chi connectivity index (χ1) is 12.1. The largest absolute Gasteiger partial charge is 0.497 e. The Balaban J connectivity index is 1.64. The number of hydrogen-bond acceptors (Lipinski definition) is 5. The van der Waals surface area contributed by atoms with Crippen LogP contribution in [-0.4, -0.2) is 23.2 Å². The molecule has 3 rings (SSSR count). The number of carbonyl (C=O) groups excluding carboxylic acids is 1. The number of anilines is 1. The summed E-state index contributed by atoms with van der Waals surface area (Å²) in [7, 11) is 1.64. The number of halogens is 1. The van der Waals surface area contributed by atoms with Gasteiger partial charge in [0.25, 0.3) is 5.91 Å². The number of nitrogens with zero attached hydrogens (tertiary/aromatic N) is 2. The van der Waals surface area contributed by atoms with Crippen molar-refractivity contribution in [1.29, 1.82) is 0 Å². The molecule has 126 valence electrons. The summed E-state index contributed by atoms with van der Waals surface area (Å²) in [5, 5.41) is 12.0. The molecular weight excluding hydrogens is 402 g/mol. The van der Waals surface area contributed by atoms with E-state index in [1.165, 1.54) is 11.3 Å². The molecule has 1 aromatic heterocycles. The number of hydrogen-bond donors (Lipinski definition) is 1. The lowest BCUT2D eigenvalue weighted by atomic mass is 10.2. The van der Waals surface area contributed by atoms with E-state index in [0.717, 1.165) is 15.8 Å². The summed E-state index contributed by atoms with van der Waals surface area (Å²) >= 11 is 4.65. The number of ether oxygens (including phenoxy) is 1. The molecule has 1 heterocycles. The number of nitrogens with one attached hydrogen (secondary N) is 1. The zero-order chi connectivity index (χ0) is 17.6. The second-order valence-electron chi connectivity index (χ2n) is 5.01. The standard InChI is InChI=1S/C18H14BrN3O2S/c1-24-15-9-2-12(3-10-15)4-11-16-21-22-18(25-16)20-17(23)13-5-7-14(19)8-6-13/h2-11H,1H3,(H,20,22,23)/b11-4+. The molecule has 0 saturated carbocycles. The smallest absolute Gasteiger partial charge is 0.257 e. The summed E-state index contributed by atoms with van der Waals surface area (Å²) < 4.78 is 6.05.